The molecule has 2 saturated heterocycles. The van der Waals surface area contributed by atoms with Gasteiger partial charge < -0.3 is 19.9 Å². The van der Waals surface area contributed by atoms with E-state index in [-0.39, 0.29) is 24.2 Å². The van der Waals surface area contributed by atoms with Gasteiger partial charge in [0.2, 0.25) is 11.8 Å². The number of aryl methyl sites for hydroxylation is 1. The van der Waals surface area contributed by atoms with Gasteiger partial charge in [0.1, 0.15) is 0 Å². The monoisotopic (exact) mass is 379 g/mol. The summed E-state index contributed by atoms with van der Waals surface area (Å²) in [5.41, 5.74) is 3.83. The Morgan fingerprint density at radius 2 is 1.82 bits per heavy atom. The molecule has 0 aromatic heterocycles. The molecule has 2 amide bonds. The summed E-state index contributed by atoms with van der Waals surface area (Å²) in [7, 11) is 0. The van der Waals surface area contributed by atoms with Crippen LogP contribution in [0.25, 0.3) is 0 Å². The molecule has 6 heteroatoms. The van der Waals surface area contributed by atoms with Crippen molar-refractivity contribution in [2.45, 2.75) is 13.3 Å². The van der Waals surface area contributed by atoms with Gasteiger partial charge in [-0.3, -0.25) is 9.59 Å². The molecule has 2 aromatic carbocycles. The highest BCUT2D eigenvalue weighted by Crippen LogP contribution is 2.27. The molecule has 28 heavy (non-hydrogen) atoms. The molecule has 0 spiro atoms. The number of nitrogens with zero attached hydrogens (tertiary/aromatic N) is 2. The van der Waals surface area contributed by atoms with Crippen LogP contribution < -0.4 is 15.1 Å². The number of hydrogen-bond donors (Lipinski definition) is 1. The number of rotatable bonds is 4. The number of carbonyl (C=O) groups is 2. The van der Waals surface area contributed by atoms with Crippen LogP contribution in [0.15, 0.2) is 48.5 Å². The molecule has 2 fully saturated rings. The first-order chi connectivity index (χ1) is 13.6. The summed E-state index contributed by atoms with van der Waals surface area (Å²) >= 11 is 0. The number of nitrogens with one attached hydrogen (secondary N) is 1. The zero-order valence-electron chi connectivity index (χ0n) is 16.1. The minimum Gasteiger partial charge on any atom is -0.378 e. The van der Waals surface area contributed by atoms with Gasteiger partial charge in [-0.15, -0.1) is 0 Å². The smallest absolute Gasteiger partial charge is 0.229 e. The van der Waals surface area contributed by atoms with E-state index in [4.69, 9.17) is 4.74 Å². The van der Waals surface area contributed by atoms with Crippen LogP contribution in [0.4, 0.5) is 17.1 Å². The quantitative estimate of drug-likeness (QED) is 0.887. The number of carbonyl (C=O) groups excluding carboxylic acids is 2. The Kier molecular flexibility index (Phi) is 5.30. The molecule has 2 aliphatic rings. The molecular formula is C22H25N3O3. The number of anilines is 3. The summed E-state index contributed by atoms with van der Waals surface area (Å²) in [6.45, 7) is 5.65. The highest BCUT2D eigenvalue weighted by atomic mass is 16.5. The van der Waals surface area contributed by atoms with Crippen molar-refractivity contribution < 1.29 is 14.3 Å². The zero-order valence-corrected chi connectivity index (χ0v) is 16.1. The van der Waals surface area contributed by atoms with Crippen LogP contribution in [-0.4, -0.2) is 44.7 Å². The Morgan fingerprint density at radius 3 is 2.54 bits per heavy atom. The molecule has 146 valence electrons. The lowest BCUT2D eigenvalue weighted by molar-refractivity contribution is -0.122. The second kappa shape index (κ2) is 8.02. The maximum atomic E-state index is 12.7. The Morgan fingerprint density at radius 1 is 1.07 bits per heavy atom. The van der Waals surface area contributed by atoms with Crippen molar-refractivity contribution in [3.8, 4) is 0 Å². The van der Waals surface area contributed by atoms with E-state index in [1.165, 1.54) is 0 Å². The fourth-order valence-electron chi connectivity index (χ4n) is 3.75. The van der Waals surface area contributed by atoms with E-state index >= 15 is 0 Å². The third-order valence-electron chi connectivity index (χ3n) is 5.32. The van der Waals surface area contributed by atoms with Gasteiger partial charge in [0.25, 0.3) is 0 Å². The highest BCUT2D eigenvalue weighted by Gasteiger charge is 2.35. The van der Waals surface area contributed by atoms with Crippen molar-refractivity contribution in [3.05, 3.63) is 54.1 Å². The number of amides is 2. The van der Waals surface area contributed by atoms with Gasteiger partial charge in [-0.25, -0.2) is 0 Å². The summed E-state index contributed by atoms with van der Waals surface area (Å²) in [5, 5.41) is 2.96. The van der Waals surface area contributed by atoms with Crippen molar-refractivity contribution in [1.82, 2.24) is 0 Å². The van der Waals surface area contributed by atoms with Crippen LogP contribution in [0.3, 0.4) is 0 Å². The topological polar surface area (TPSA) is 61.9 Å². The lowest BCUT2D eigenvalue weighted by atomic mass is 10.1. The minimum atomic E-state index is -0.341. The average molecular weight is 379 g/mol. The van der Waals surface area contributed by atoms with Crippen molar-refractivity contribution in [2.24, 2.45) is 5.92 Å². The standard InChI is InChI=1S/C22H25N3O3/c1-16-3-2-4-20(13-16)25-15-17(14-21(25)26)22(27)23-18-5-7-19(8-6-18)24-9-11-28-12-10-24/h2-8,13,17H,9-12,14-15H2,1H3,(H,23,27)/t17-/m0/s1. The third-order valence-corrected chi connectivity index (χ3v) is 5.32. The summed E-state index contributed by atoms with van der Waals surface area (Å²) in [6, 6.07) is 15.7. The van der Waals surface area contributed by atoms with E-state index in [0.717, 1.165) is 48.9 Å². The Balaban J connectivity index is 1.38. The number of hydrogen-bond acceptors (Lipinski definition) is 4. The van der Waals surface area contributed by atoms with E-state index in [1.807, 2.05) is 55.5 Å². The maximum Gasteiger partial charge on any atom is 0.229 e. The van der Waals surface area contributed by atoms with Crippen molar-refractivity contribution in [1.29, 1.82) is 0 Å². The summed E-state index contributed by atoms with van der Waals surface area (Å²) in [5.74, 6) is -0.456. The highest BCUT2D eigenvalue weighted by molar-refractivity contribution is 6.03. The van der Waals surface area contributed by atoms with Gasteiger partial charge in [0.15, 0.2) is 0 Å². The maximum absolute atomic E-state index is 12.7. The van der Waals surface area contributed by atoms with Crippen LogP contribution in [0, 0.1) is 12.8 Å². The number of morpholine rings is 1. The lowest BCUT2D eigenvalue weighted by Crippen LogP contribution is -2.36. The van der Waals surface area contributed by atoms with Crippen molar-refractivity contribution in [2.75, 3.05) is 48.0 Å². The molecule has 4 rings (SSSR count). The van der Waals surface area contributed by atoms with Crippen LogP contribution in [-0.2, 0) is 14.3 Å². The van der Waals surface area contributed by atoms with E-state index in [1.54, 1.807) is 4.90 Å². The van der Waals surface area contributed by atoms with Crippen LogP contribution in [0.5, 0.6) is 0 Å². The molecule has 0 radical (unpaired) electrons. The SMILES string of the molecule is Cc1cccc(N2C[C@@H](C(=O)Nc3ccc(N4CCOCC4)cc3)CC2=O)c1. The summed E-state index contributed by atoms with van der Waals surface area (Å²) in [4.78, 5) is 29.1. The number of ether oxygens (including phenoxy) is 1. The van der Waals surface area contributed by atoms with E-state index in [0.29, 0.717) is 6.54 Å². The van der Waals surface area contributed by atoms with E-state index in [2.05, 4.69) is 10.2 Å². The molecule has 2 aromatic rings. The van der Waals surface area contributed by atoms with Crippen LogP contribution >= 0.6 is 0 Å². The predicted octanol–water partition coefficient (Wildman–Crippen LogP) is 2.82. The first kappa shape index (κ1) is 18.5. The predicted molar refractivity (Wildman–Crippen MR) is 110 cm³/mol. The van der Waals surface area contributed by atoms with Gasteiger partial charge in [0.05, 0.1) is 19.1 Å². The van der Waals surface area contributed by atoms with Gasteiger partial charge in [-0.2, -0.15) is 0 Å². The van der Waals surface area contributed by atoms with E-state index < -0.39 is 0 Å². The minimum absolute atomic E-state index is 0.00610. The van der Waals surface area contributed by atoms with Gasteiger partial charge in [0, 0.05) is 43.1 Å². The number of benzene rings is 2. The van der Waals surface area contributed by atoms with Crippen LogP contribution in [0.1, 0.15) is 12.0 Å². The molecule has 1 N–H and O–H groups in total. The Hall–Kier alpha value is -2.86. The molecule has 6 nitrogen and oxygen atoms in total. The molecule has 0 unspecified atom stereocenters. The molecular weight excluding hydrogens is 354 g/mol. The van der Waals surface area contributed by atoms with Gasteiger partial charge in [-0.05, 0) is 48.9 Å². The van der Waals surface area contributed by atoms with Gasteiger partial charge in [-0.1, -0.05) is 12.1 Å². The molecule has 0 saturated carbocycles. The lowest BCUT2D eigenvalue weighted by Gasteiger charge is -2.28. The molecule has 2 heterocycles. The van der Waals surface area contributed by atoms with Crippen molar-refractivity contribution >= 4 is 28.9 Å². The third kappa shape index (κ3) is 4.02. The zero-order chi connectivity index (χ0) is 19.5. The second-order valence-corrected chi connectivity index (χ2v) is 7.38. The largest absolute Gasteiger partial charge is 0.378 e. The normalized spacial score (nSPS) is 19.8. The summed E-state index contributed by atoms with van der Waals surface area (Å²) < 4.78 is 5.38. The average Bonchev–Trinajstić information content (AvgIpc) is 3.11. The molecule has 2 aliphatic heterocycles. The Bertz CT molecular complexity index is 860. The Labute approximate surface area is 165 Å². The fraction of sp³-hybridized carbons (Fsp3) is 0.364. The van der Waals surface area contributed by atoms with Gasteiger partial charge >= 0.3 is 0 Å². The van der Waals surface area contributed by atoms with Crippen molar-refractivity contribution in [3.63, 3.8) is 0 Å². The molecule has 0 aliphatic carbocycles. The summed E-state index contributed by atoms with van der Waals surface area (Å²) in [6.07, 6.45) is 0.242. The molecule has 1 atom stereocenters. The van der Waals surface area contributed by atoms with E-state index in [9.17, 15) is 9.59 Å². The molecule has 0 bridgehead atoms. The first-order valence-corrected chi connectivity index (χ1v) is 9.71. The first-order valence-electron chi connectivity index (χ1n) is 9.71. The second-order valence-electron chi connectivity index (χ2n) is 7.38. The fourth-order valence-corrected chi connectivity index (χ4v) is 3.75. The van der Waals surface area contributed by atoms with Crippen LogP contribution in [0.2, 0.25) is 0 Å².